The van der Waals surface area contributed by atoms with E-state index in [4.69, 9.17) is 9.29 Å². The summed E-state index contributed by atoms with van der Waals surface area (Å²) in [4.78, 5) is -0.160. The first-order chi connectivity index (χ1) is 7.91. The predicted octanol–water partition coefficient (Wildman–Crippen LogP) is 2.40. The van der Waals surface area contributed by atoms with E-state index in [0.717, 1.165) is 16.3 Å². The normalized spacial score (nSPS) is 11.7. The second-order valence-electron chi connectivity index (χ2n) is 3.83. The van der Waals surface area contributed by atoms with E-state index in [0.29, 0.717) is 5.75 Å². The van der Waals surface area contributed by atoms with Gasteiger partial charge in [-0.25, -0.2) is 0 Å². The lowest BCUT2D eigenvalue weighted by Crippen LogP contribution is -1.99. The van der Waals surface area contributed by atoms with Crippen molar-refractivity contribution >= 4 is 20.9 Å². The molecule has 0 aliphatic heterocycles. The summed E-state index contributed by atoms with van der Waals surface area (Å²) in [6.45, 7) is 1.91. The summed E-state index contributed by atoms with van der Waals surface area (Å²) in [5.74, 6) is 0.426. The zero-order chi connectivity index (χ0) is 12.6. The van der Waals surface area contributed by atoms with E-state index >= 15 is 0 Å². The van der Waals surface area contributed by atoms with E-state index in [9.17, 15) is 8.42 Å². The first-order valence-corrected chi connectivity index (χ1v) is 6.42. The third-order valence-corrected chi connectivity index (χ3v) is 3.39. The Morgan fingerprint density at radius 2 is 1.88 bits per heavy atom. The van der Waals surface area contributed by atoms with Crippen molar-refractivity contribution in [2.24, 2.45) is 0 Å². The molecular weight excluding hydrogens is 240 g/mol. The summed E-state index contributed by atoms with van der Waals surface area (Å²) in [6.07, 6.45) is 0. The van der Waals surface area contributed by atoms with Gasteiger partial charge in [0.1, 0.15) is 5.75 Å². The number of methoxy groups -OCH3 is 1. The van der Waals surface area contributed by atoms with Crippen LogP contribution in [-0.4, -0.2) is 20.1 Å². The molecule has 17 heavy (non-hydrogen) atoms. The van der Waals surface area contributed by atoms with E-state index in [1.54, 1.807) is 0 Å². The fourth-order valence-electron chi connectivity index (χ4n) is 1.75. The Morgan fingerprint density at radius 1 is 1.18 bits per heavy atom. The molecule has 5 heteroatoms. The standard InChI is InChI=1S/C12H12O4S/c1-8-3-4-11-9(5-8)6-10(17(13,14)15)7-12(11)16-2/h3-7H,1-2H3,(H,13,14,15). The van der Waals surface area contributed by atoms with Crippen LogP contribution in [0, 0.1) is 6.92 Å². The first kappa shape index (κ1) is 11.9. The molecule has 2 aromatic rings. The predicted molar refractivity (Wildman–Crippen MR) is 65.1 cm³/mol. The molecule has 0 aliphatic rings. The maximum absolute atomic E-state index is 11.1. The molecule has 0 unspecified atom stereocenters. The van der Waals surface area contributed by atoms with Crippen LogP contribution in [0.25, 0.3) is 10.8 Å². The molecule has 0 amide bonds. The number of aryl methyl sites for hydroxylation is 1. The van der Waals surface area contributed by atoms with E-state index in [-0.39, 0.29) is 4.90 Å². The molecule has 0 fully saturated rings. The van der Waals surface area contributed by atoms with Crippen LogP contribution in [0.3, 0.4) is 0 Å². The highest BCUT2D eigenvalue weighted by atomic mass is 32.2. The Morgan fingerprint density at radius 3 is 2.47 bits per heavy atom. The largest absolute Gasteiger partial charge is 0.496 e. The van der Waals surface area contributed by atoms with Gasteiger partial charge in [-0.15, -0.1) is 0 Å². The second kappa shape index (κ2) is 4.01. The monoisotopic (exact) mass is 252 g/mol. The summed E-state index contributed by atoms with van der Waals surface area (Å²) < 4.78 is 36.4. The number of benzene rings is 2. The Balaban J connectivity index is 2.85. The minimum Gasteiger partial charge on any atom is -0.496 e. The van der Waals surface area contributed by atoms with Crippen molar-refractivity contribution in [1.82, 2.24) is 0 Å². The van der Waals surface area contributed by atoms with Crippen LogP contribution >= 0.6 is 0 Å². The van der Waals surface area contributed by atoms with Crippen molar-refractivity contribution in [2.45, 2.75) is 11.8 Å². The summed E-state index contributed by atoms with van der Waals surface area (Å²) >= 11 is 0. The van der Waals surface area contributed by atoms with Gasteiger partial charge in [0.2, 0.25) is 0 Å². The molecule has 2 aromatic carbocycles. The van der Waals surface area contributed by atoms with E-state index < -0.39 is 10.1 Å². The highest BCUT2D eigenvalue weighted by Gasteiger charge is 2.13. The van der Waals surface area contributed by atoms with Crippen LogP contribution in [0.1, 0.15) is 5.56 Å². The molecule has 1 N–H and O–H groups in total. The Kier molecular flexibility index (Phi) is 2.81. The third-order valence-electron chi connectivity index (χ3n) is 2.56. The van der Waals surface area contributed by atoms with Gasteiger partial charge < -0.3 is 4.74 Å². The Bertz CT molecular complexity index is 674. The number of hydrogen-bond donors (Lipinski definition) is 1. The summed E-state index contributed by atoms with van der Waals surface area (Å²) in [6, 6.07) is 8.36. The fraction of sp³-hybridized carbons (Fsp3) is 0.167. The summed E-state index contributed by atoms with van der Waals surface area (Å²) in [5, 5.41) is 1.53. The molecule has 0 bridgehead atoms. The molecule has 0 spiro atoms. The molecule has 0 aromatic heterocycles. The Hall–Kier alpha value is -1.59. The highest BCUT2D eigenvalue weighted by Crippen LogP contribution is 2.29. The van der Waals surface area contributed by atoms with Crippen molar-refractivity contribution in [3.63, 3.8) is 0 Å². The smallest absolute Gasteiger partial charge is 0.294 e. The molecular formula is C12H12O4S. The van der Waals surface area contributed by atoms with Crippen molar-refractivity contribution < 1.29 is 17.7 Å². The van der Waals surface area contributed by atoms with Crippen molar-refractivity contribution in [1.29, 1.82) is 0 Å². The zero-order valence-electron chi connectivity index (χ0n) is 9.47. The minimum atomic E-state index is -4.22. The quantitative estimate of drug-likeness (QED) is 0.834. The molecule has 2 rings (SSSR count). The molecule has 0 atom stereocenters. The van der Waals surface area contributed by atoms with Gasteiger partial charge in [0.05, 0.1) is 12.0 Å². The number of rotatable bonds is 2. The van der Waals surface area contributed by atoms with Crippen LogP contribution in [0.5, 0.6) is 5.75 Å². The third kappa shape index (κ3) is 2.25. The van der Waals surface area contributed by atoms with Crippen LogP contribution in [-0.2, 0) is 10.1 Å². The molecule has 0 heterocycles. The highest BCUT2D eigenvalue weighted by molar-refractivity contribution is 7.85. The van der Waals surface area contributed by atoms with Crippen LogP contribution in [0.15, 0.2) is 35.2 Å². The van der Waals surface area contributed by atoms with Gasteiger partial charge in [-0.05, 0) is 18.4 Å². The van der Waals surface area contributed by atoms with E-state index in [1.165, 1.54) is 19.2 Å². The number of ether oxygens (including phenoxy) is 1. The maximum atomic E-state index is 11.1. The lowest BCUT2D eigenvalue weighted by molar-refractivity contribution is 0.417. The first-order valence-electron chi connectivity index (χ1n) is 4.98. The van der Waals surface area contributed by atoms with Crippen LogP contribution in [0.2, 0.25) is 0 Å². The average Bonchev–Trinajstić information content (AvgIpc) is 2.25. The summed E-state index contributed by atoms with van der Waals surface area (Å²) in [7, 11) is -2.76. The Labute approximate surface area is 99.6 Å². The van der Waals surface area contributed by atoms with E-state index in [2.05, 4.69) is 0 Å². The molecule has 90 valence electrons. The summed E-state index contributed by atoms with van der Waals surface area (Å²) in [5.41, 5.74) is 1.01. The number of fused-ring (bicyclic) bond motifs is 1. The van der Waals surface area contributed by atoms with Gasteiger partial charge in [-0.3, -0.25) is 4.55 Å². The topological polar surface area (TPSA) is 63.6 Å². The van der Waals surface area contributed by atoms with Gasteiger partial charge in [-0.1, -0.05) is 23.8 Å². The molecule has 4 nitrogen and oxygen atoms in total. The van der Waals surface area contributed by atoms with Crippen LogP contribution in [0.4, 0.5) is 0 Å². The van der Waals surface area contributed by atoms with Crippen LogP contribution < -0.4 is 4.74 Å². The van der Waals surface area contributed by atoms with Gasteiger partial charge in [0.25, 0.3) is 10.1 Å². The van der Waals surface area contributed by atoms with Crippen molar-refractivity contribution in [3.05, 3.63) is 35.9 Å². The van der Waals surface area contributed by atoms with E-state index in [1.807, 2.05) is 25.1 Å². The molecule has 0 saturated heterocycles. The van der Waals surface area contributed by atoms with Gasteiger partial charge in [-0.2, -0.15) is 8.42 Å². The van der Waals surface area contributed by atoms with Crippen molar-refractivity contribution in [2.75, 3.05) is 7.11 Å². The molecule has 0 radical (unpaired) electrons. The second-order valence-corrected chi connectivity index (χ2v) is 5.25. The van der Waals surface area contributed by atoms with Crippen molar-refractivity contribution in [3.8, 4) is 5.75 Å². The zero-order valence-corrected chi connectivity index (χ0v) is 10.3. The SMILES string of the molecule is COc1cc(S(=O)(=O)O)cc2cc(C)ccc12. The van der Waals surface area contributed by atoms with Gasteiger partial charge in [0.15, 0.2) is 0 Å². The maximum Gasteiger partial charge on any atom is 0.294 e. The molecule has 0 aliphatic carbocycles. The minimum absolute atomic E-state index is 0.160. The molecule has 0 saturated carbocycles. The fourth-order valence-corrected chi connectivity index (χ4v) is 2.28. The van der Waals surface area contributed by atoms with Gasteiger partial charge >= 0.3 is 0 Å². The lowest BCUT2D eigenvalue weighted by atomic mass is 10.1. The average molecular weight is 252 g/mol. The number of hydrogen-bond acceptors (Lipinski definition) is 3. The van der Waals surface area contributed by atoms with Gasteiger partial charge in [0, 0.05) is 11.5 Å². The lowest BCUT2D eigenvalue weighted by Gasteiger charge is -2.08.